The summed E-state index contributed by atoms with van der Waals surface area (Å²) in [5.74, 6) is 1.45. The number of hydroxylamine groups is 2. The van der Waals surface area contributed by atoms with Gasteiger partial charge in [0.1, 0.15) is 0 Å². The van der Waals surface area contributed by atoms with E-state index in [1.165, 1.54) is 10.6 Å². The predicted molar refractivity (Wildman–Crippen MR) is 64.9 cm³/mol. The summed E-state index contributed by atoms with van der Waals surface area (Å²) in [5, 5.41) is 1.48. The monoisotopic (exact) mass is 237 g/mol. The number of nitrogens with zero attached hydrogens (tertiary/aromatic N) is 1. The molecule has 1 aromatic rings. The minimum Gasteiger partial charge on any atom is -0.272 e. The van der Waals surface area contributed by atoms with Crippen LogP contribution in [0.1, 0.15) is 12.0 Å². The number of hydrogen-bond acceptors (Lipinski definition) is 3. The molecule has 3 nitrogen and oxygen atoms in total. The Labute approximate surface area is 99.7 Å². The summed E-state index contributed by atoms with van der Waals surface area (Å²) in [4.78, 5) is 16.8. The average molecular weight is 237 g/mol. The number of thioether (sulfide) groups is 1. The second-order valence-electron chi connectivity index (χ2n) is 3.66. The molecule has 0 atom stereocenters. The fourth-order valence-electron chi connectivity index (χ4n) is 1.55. The summed E-state index contributed by atoms with van der Waals surface area (Å²) in [5.41, 5.74) is 1.25. The van der Waals surface area contributed by atoms with Crippen LogP contribution in [0.4, 0.5) is 0 Å². The molecule has 0 unspecified atom stereocenters. The maximum absolute atomic E-state index is 11.6. The largest absolute Gasteiger partial charge is 0.272 e. The molecule has 0 aliphatic carbocycles. The minimum absolute atomic E-state index is 0.0819. The molecule has 0 saturated carbocycles. The normalized spacial score (nSPS) is 15.4. The van der Waals surface area contributed by atoms with Gasteiger partial charge in [-0.15, -0.1) is 11.8 Å². The molecule has 0 radical (unpaired) electrons. The molecule has 1 heterocycles. The van der Waals surface area contributed by atoms with Crippen LogP contribution in [0.5, 0.6) is 0 Å². The summed E-state index contributed by atoms with van der Waals surface area (Å²) in [6.45, 7) is 1.42. The van der Waals surface area contributed by atoms with Crippen molar-refractivity contribution in [3.8, 4) is 0 Å². The highest BCUT2D eigenvalue weighted by atomic mass is 32.2. The van der Waals surface area contributed by atoms with E-state index in [0.29, 0.717) is 12.4 Å². The molecule has 0 N–H and O–H groups in total. The van der Waals surface area contributed by atoms with E-state index in [4.69, 9.17) is 4.84 Å². The fraction of sp³-hybridized carbons (Fsp3) is 0.417. The van der Waals surface area contributed by atoms with Crippen molar-refractivity contribution in [2.75, 3.05) is 18.9 Å². The van der Waals surface area contributed by atoms with Crippen LogP contribution in [0.25, 0.3) is 0 Å². The van der Waals surface area contributed by atoms with E-state index in [1.807, 2.05) is 18.2 Å². The number of carbonyl (C=O) groups is 1. The van der Waals surface area contributed by atoms with Gasteiger partial charge in [-0.2, -0.15) is 0 Å². The maximum Gasteiger partial charge on any atom is 0.256 e. The van der Waals surface area contributed by atoms with Crippen LogP contribution in [0, 0.1) is 0 Å². The molecule has 1 amide bonds. The third-order valence-electron chi connectivity index (χ3n) is 2.37. The van der Waals surface area contributed by atoms with Crippen molar-refractivity contribution < 1.29 is 9.63 Å². The SMILES string of the molecule is O=C(CSCc1ccccc1)N1CCCO1. The summed E-state index contributed by atoms with van der Waals surface area (Å²) in [6.07, 6.45) is 0.953. The molecular formula is C12H15NO2S. The number of benzene rings is 1. The highest BCUT2D eigenvalue weighted by Gasteiger charge is 2.18. The number of carbonyl (C=O) groups excluding carboxylic acids is 1. The van der Waals surface area contributed by atoms with Gasteiger partial charge >= 0.3 is 0 Å². The first kappa shape index (κ1) is 11.5. The van der Waals surface area contributed by atoms with Crippen LogP contribution >= 0.6 is 11.8 Å². The summed E-state index contributed by atoms with van der Waals surface area (Å²) < 4.78 is 0. The zero-order chi connectivity index (χ0) is 11.2. The second kappa shape index (κ2) is 5.92. The molecule has 1 fully saturated rings. The van der Waals surface area contributed by atoms with Crippen molar-refractivity contribution in [1.29, 1.82) is 0 Å². The van der Waals surface area contributed by atoms with Gasteiger partial charge < -0.3 is 0 Å². The van der Waals surface area contributed by atoms with E-state index in [9.17, 15) is 4.79 Å². The fourth-order valence-corrected chi connectivity index (χ4v) is 2.40. The van der Waals surface area contributed by atoms with Crippen molar-refractivity contribution in [3.05, 3.63) is 35.9 Å². The smallest absolute Gasteiger partial charge is 0.256 e. The summed E-state index contributed by atoms with van der Waals surface area (Å²) >= 11 is 1.63. The minimum atomic E-state index is 0.0819. The van der Waals surface area contributed by atoms with Gasteiger partial charge in [-0.1, -0.05) is 30.3 Å². The van der Waals surface area contributed by atoms with E-state index >= 15 is 0 Å². The van der Waals surface area contributed by atoms with Gasteiger partial charge in [0.2, 0.25) is 0 Å². The molecule has 1 aliphatic heterocycles. The summed E-state index contributed by atoms with van der Waals surface area (Å²) in [6, 6.07) is 10.2. The third-order valence-corrected chi connectivity index (χ3v) is 3.36. The molecule has 0 aromatic heterocycles. The Hall–Kier alpha value is -1.00. The van der Waals surface area contributed by atoms with Crippen LogP contribution < -0.4 is 0 Å². The zero-order valence-corrected chi connectivity index (χ0v) is 9.91. The van der Waals surface area contributed by atoms with Crippen molar-refractivity contribution in [3.63, 3.8) is 0 Å². The van der Waals surface area contributed by atoms with E-state index in [-0.39, 0.29) is 5.91 Å². The Kier molecular flexibility index (Phi) is 4.25. The first-order valence-corrected chi connectivity index (χ1v) is 6.57. The zero-order valence-electron chi connectivity index (χ0n) is 9.09. The molecule has 1 aromatic carbocycles. The Bertz CT molecular complexity index is 336. The van der Waals surface area contributed by atoms with Crippen molar-refractivity contribution >= 4 is 17.7 Å². The molecule has 1 aliphatic rings. The van der Waals surface area contributed by atoms with Crippen molar-refractivity contribution in [1.82, 2.24) is 5.06 Å². The molecule has 86 valence electrons. The van der Waals surface area contributed by atoms with Gasteiger partial charge in [-0.25, -0.2) is 5.06 Å². The van der Waals surface area contributed by atoms with Crippen molar-refractivity contribution in [2.24, 2.45) is 0 Å². The first-order valence-electron chi connectivity index (χ1n) is 5.41. The van der Waals surface area contributed by atoms with Crippen LogP contribution in [0.15, 0.2) is 30.3 Å². The number of hydrogen-bond donors (Lipinski definition) is 0. The lowest BCUT2D eigenvalue weighted by Gasteiger charge is -2.13. The summed E-state index contributed by atoms with van der Waals surface area (Å²) in [7, 11) is 0. The molecule has 1 saturated heterocycles. The Morgan fingerprint density at radius 1 is 1.38 bits per heavy atom. The average Bonchev–Trinajstić information content (AvgIpc) is 2.84. The van der Waals surface area contributed by atoms with Gasteiger partial charge in [-0.05, 0) is 12.0 Å². The topological polar surface area (TPSA) is 29.5 Å². The highest BCUT2D eigenvalue weighted by molar-refractivity contribution is 7.99. The van der Waals surface area contributed by atoms with E-state index in [1.54, 1.807) is 11.8 Å². The quantitative estimate of drug-likeness (QED) is 0.803. The molecule has 0 bridgehead atoms. The van der Waals surface area contributed by atoms with E-state index in [2.05, 4.69) is 12.1 Å². The molecular weight excluding hydrogens is 222 g/mol. The van der Waals surface area contributed by atoms with Crippen LogP contribution in [-0.4, -0.2) is 29.9 Å². The van der Waals surface area contributed by atoms with Crippen LogP contribution in [0.2, 0.25) is 0 Å². The Balaban J connectivity index is 1.70. The molecule has 2 rings (SSSR count). The van der Waals surface area contributed by atoms with Gasteiger partial charge in [0.25, 0.3) is 5.91 Å². The van der Waals surface area contributed by atoms with Gasteiger partial charge in [0.15, 0.2) is 0 Å². The standard InChI is InChI=1S/C12H15NO2S/c14-12(13-7-4-8-15-13)10-16-9-11-5-2-1-3-6-11/h1-3,5-6H,4,7-10H2. The maximum atomic E-state index is 11.6. The predicted octanol–water partition coefficient (Wildman–Crippen LogP) is 2.08. The van der Waals surface area contributed by atoms with Crippen molar-refractivity contribution in [2.45, 2.75) is 12.2 Å². The van der Waals surface area contributed by atoms with E-state index < -0.39 is 0 Å². The Morgan fingerprint density at radius 3 is 2.88 bits per heavy atom. The number of rotatable bonds is 4. The molecule has 16 heavy (non-hydrogen) atoms. The molecule has 4 heteroatoms. The third kappa shape index (κ3) is 3.25. The number of amides is 1. The lowest BCUT2D eigenvalue weighted by molar-refractivity contribution is -0.165. The highest BCUT2D eigenvalue weighted by Crippen LogP contribution is 2.14. The van der Waals surface area contributed by atoms with E-state index in [0.717, 1.165) is 18.7 Å². The van der Waals surface area contributed by atoms with Gasteiger partial charge in [0.05, 0.1) is 18.9 Å². The lowest BCUT2D eigenvalue weighted by Crippen LogP contribution is -2.28. The van der Waals surface area contributed by atoms with Crippen LogP contribution in [-0.2, 0) is 15.4 Å². The molecule has 0 spiro atoms. The van der Waals surface area contributed by atoms with Gasteiger partial charge in [0, 0.05) is 5.75 Å². The van der Waals surface area contributed by atoms with Gasteiger partial charge in [-0.3, -0.25) is 9.63 Å². The Morgan fingerprint density at radius 2 is 2.19 bits per heavy atom. The first-order chi connectivity index (χ1) is 7.86. The second-order valence-corrected chi connectivity index (χ2v) is 4.65. The lowest BCUT2D eigenvalue weighted by atomic mass is 10.2. The van der Waals surface area contributed by atoms with Crippen LogP contribution in [0.3, 0.4) is 0 Å².